The largest absolute Gasteiger partial charge is 0.491 e. The van der Waals surface area contributed by atoms with E-state index in [0.29, 0.717) is 34.3 Å². The molecule has 0 atom stereocenters. The molecule has 2 aromatic carbocycles. The van der Waals surface area contributed by atoms with Crippen molar-refractivity contribution in [3.05, 3.63) is 58.6 Å². The summed E-state index contributed by atoms with van der Waals surface area (Å²) in [5.41, 5.74) is 3.68. The number of ether oxygens (including phenoxy) is 2. The van der Waals surface area contributed by atoms with E-state index in [-0.39, 0.29) is 5.91 Å². The Morgan fingerprint density at radius 3 is 2.70 bits per heavy atom. The SMILES string of the molecule is CCOc1cc(/C=N\NC(=O)c2ccccc2)cc(Cl)c1OC. The van der Waals surface area contributed by atoms with Crippen molar-refractivity contribution in [1.29, 1.82) is 0 Å². The first-order chi connectivity index (χ1) is 11.2. The molecule has 6 heteroatoms. The second kappa shape index (κ2) is 8.19. The van der Waals surface area contributed by atoms with Gasteiger partial charge < -0.3 is 9.47 Å². The predicted octanol–water partition coefficient (Wildman–Crippen LogP) is 3.51. The molecular formula is C17H17ClN2O3. The number of carbonyl (C=O) groups is 1. The molecule has 0 fully saturated rings. The van der Waals surface area contributed by atoms with Crippen LogP contribution in [0.1, 0.15) is 22.8 Å². The lowest BCUT2D eigenvalue weighted by atomic mass is 10.2. The Balaban J connectivity index is 2.12. The molecule has 0 aliphatic rings. The van der Waals surface area contributed by atoms with Crippen LogP contribution >= 0.6 is 11.6 Å². The van der Waals surface area contributed by atoms with Crippen molar-refractivity contribution in [2.45, 2.75) is 6.92 Å². The third kappa shape index (κ3) is 4.47. The zero-order valence-corrected chi connectivity index (χ0v) is 13.6. The van der Waals surface area contributed by atoms with E-state index in [2.05, 4.69) is 10.5 Å². The third-order valence-corrected chi connectivity index (χ3v) is 3.23. The van der Waals surface area contributed by atoms with Crippen molar-refractivity contribution >= 4 is 23.7 Å². The van der Waals surface area contributed by atoms with Crippen molar-refractivity contribution in [2.24, 2.45) is 5.10 Å². The fourth-order valence-electron chi connectivity index (χ4n) is 1.94. The molecule has 0 aliphatic carbocycles. The molecule has 0 bridgehead atoms. The zero-order chi connectivity index (χ0) is 16.7. The van der Waals surface area contributed by atoms with Crippen molar-refractivity contribution < 1.29 is 14.3 Å². The van der Waals surface area contributed by atoms with Crippen molar-refractivity contribution in [2.75, 3.05) is 13.7 Å². The Hall–Kier alpha value is -2.53. The summed E-state index contributed by atoms with van der Waals surface area (Å²) in [6, 6.07) is 12.3. The first-order valence-corrected chi connectivity index (χ1v) is 7.42. The third-order valence-electron chi connectivity index (χ3n) is 2.95. The van der Waals surface area contributed by atoms with E-state index in [0.717, 1.165) is 0 Å². The van der Waals surface area contributed by atoms with Crippen LogP contribution in [0.25, 0.3) is 0 Å². The Morgan fingerprint density at radius 1 is 1.30 bits per heavy atom. The van der Waals surface area contributed by atoms with Crippen molar-refractivity contribution in [1.82, 2.24) is 5.43 Å². The molecule has 0 spiro atoms. The molecule has 2 rings (SSSR count). The van der Waals surface area contributed by atoms with Crippen LogP contribution in [0.3, 0.4) is 0 Å². The van der Waals surface area contributed by atoms with E-state index in [1.807, 2.05) is 13.0 Å². The Labute approximate surface area is 139 Å². The number of nitrogens with one attached hydrogen (secondary N) is 1. The summed E-state index contributed by atoms with van der Waals surface area (Å²) in [4.78, 5) is 11.9. The van der Waals surface area contributed by atoms with Crippen LogP contribution in [-0.4, -0.2) is 25.8 Å². The minimum absolute atomic E-state index is 0.286. The fourth-order valence-corrected chi connectivity index (χ4v) is 2.24. The summed E-state index contributed by atoms with van der Waals surface area (Å²) < 4.78 is 10.7. The van der Waals surface area contributed by atoms with Gasteiger partial charge in [-0.2, -0.15) is 5.10 Å². The van der Waals surface area contributed by atoms with Gasteiger partial charge in [-0.05, 0) is 36.8 Å². The van der Waals surface area contributed by atoms with Gasteiger partial charge in [-0.3, -0.25) is 4.79 Å². The van der Waals surface area contributed by atoms with E-state index in [4.69, 9.17) is 21.1 Å². The summed E-state index contributed by atoms with van der Waals surface area (Å²) in [5.74, 6) is 0.712. The van der Waals surface area contributed by atoms with Gasteiger partial charge in [0.2, 0.25) is 0 Å². The number of rotatable bonds is 6. The molecule has 0 radical (unpaired) electrons. The van der Waals surface area contributed by atoms with Crippen LogP contribution in [0.4, 0.5) is 0 Å². The molecule has 0 aromatic heterocycles. The van der Waals surface area contributed by atoms with E-state index >= 15 is 0 Å². The Kier molecular flexibility index (Phi) is 6.00. The maximum Gasteiger partial charge on any atom is 0.271 e. The minimum atomic E-state index is -0.286. The van der Waals surface area contributed by atoms with Gasteiger partial charge in [0.1, 0.15) is 0 Å². The standard InChI is InChI=1S/C17H17ClN2O3/c1-3-23-15-10-12(9-14(18)16(15)22-2)11-19-20-17(21)13-7-5-4-6-8-13/h4-11H,3H2,1-2H3,(H,20,21)/b19-11-. The van der Waals surface area contributed by atoms with Gasteiger partial charge in [-0.25, -0.2) is 5.43 Å². The van der Waals surface area contributed by atoms with E-state index < -0.39 is 0 Å². The van der Waals surface area contributed by atoms with Crippen LogP contribution in [0.5, 0.6) is 11.5 Å². The highest BCUT2D eigenvalue weighted by atomic mass is 35.5. The molecule has 1 amide bonds. The molecule has 0 saturated heterocycles. The Bertz CT molecular complexity index is 702. The molecule has 120 valence electrons. The van der Waals surface area contributed by atoms with Crippen molar-refractivity contribution in [3.8, 4) is 11.5 Å². The number of carbonyl (C=O) groups excluding carboxylic acids is 1. The molecule has 23 heavy (non-hydrogen) atoms. The Morgan fingerprint density at radius 2 is 2.04 bits per heavy atom. The first kappa shape index (κ1) is 16.8. The average Bonchev–Trinajstić information content (AvgIpc) is 2.56. The number of hydrazone groups is 1. The summed E-state index contributed by atoms with van der Waals surface area (Å²) in [6.45, 7) is 2.35. The summed E-state index contributed by atoms with van der Waals surface area (Å²) in [7, 11) is 1.53. The number of amides is 1. The number of nitrogens with zero attached hydrogens (tertiary/aromatic N) is 1. The monoisotopic (exact) mass is 332 g/mol. The van der Waals surface area contributed by atoms with Crippen LogP contribution in [0.2, 0.25) is 5.02 Å². The van der Waals surface area contributed by atoms with Gasteiger partial charge in [0, 0.05) is 5.56 Å². The van der Waals surface area contributed by atoms with Gasteiger partial charge in [0.25, 0.3) is 5.91 Å². The fraction of sp³-hybridized carbons (Fsp3) is 0.176. The number of methoxy groups -OCH3 is 1. The average molecular weight is 333 g/mol. The van der Waals surface area contributed by atoms with Crippen molar-refractivity contribution in [3.63, 3.8) is 0 Å². The molecular weight excluding hydrogens is 316 g/mol. The highest BCUT2D eigenvalue weighted by molar-refractivity contribution is 6.32. The van der Waals surface area contributed by atoms with Crippen LogP contribution < -0.4 is 14.9 Å². The quantitative estimate of drug-likeness (QED) is 0.650. The van der Waals surface area contributed by atoms with E-state index in [9.17, 15) is 4.79 Å². The molecule has 0 heterocycles. The lowest BCUT2D eigenvalue weighted by molar-refractivity contribution is 0.0955. The topological polar surface area (TPSA) is 59.9 Å². The number of halogens is 1. The van der Waals surface area contributed by atoms with Gasteiger partial charge in [0.05, 0.1) is 25.0 Å². The highest BCUT2D eigenvalue weighted by Crippen LogP contribution is 2.35. The predicted molar refractivity (Wildman–Crippen MR) is 90.7 cm³/mol. The molecule has 0 unspecified atom stereocenters. The normalized spacial score (nSPS) is 10.6. The van der Waals surface area contributed by atoms with Gasteiger partial charge >= 0.3 is 0 Å². The smallest absolute Gasteiger partial charge is 0.271 e. The second-order valence-electron chi connectivity index (χ2n) is 4.53. The summed E-state index contributed by atoms with van der Waals surface area (Å²) in [6.07, 6.45) is 1.49. The molecule has 0 aliphatic heterocycles. The molecule has 5 nitrogen and oxygen atoms in total. The maximum absolute atomic E-state index is 11.9. The van der Waals surface area contributed by atoms with Gasteiger partial charge in [-0.15, -0.1) is 0 Å². The van der Waals surface area contributed by atoms with Crippen LogP contribution in [-0.2, 0) is 0 Å². The number of benzene rings is 2. The van der Waals surface area contributed by atoms with E-state index in [1.165, 1.54) is 13.3 Å². The summed E-state index contributed by atoms with van der Waals surface area (Å²) >= 11 is 6.15. The number of hydrogen-bond acceptors (Lipinski definition) is 4. The second-order valence-corrected chi connectivity index (χ2v) is 4.94. The number of hydrogen-bond donors (Lipinski definition) is 1. The van der Waals surface area contributed by atoms with Crippen LogP contribution in [0.15, 0.2) is 47.6 Å². The molecule has 2 aromatic rings. The highest BCUT2D eigenvalue weighted by Gasteiger charge is 2.10. The summed E-state index contributed by atoms with van der Waals surface area (Å²) in [5, 5.41) is 4.35. The first-order valence-electron chi connectivity index (χ1n) is 7.04. The van der Waals surface area contributed by atoms with E-state index in [1.54, 1.807) is 36.4 Å². The lowest BCUT2D eigenvalue weighted by Crippen LogP contribution is -2.17. The van der Waals surface area contributed by atoms with Gasteiger partial charge in [0.15, 0.2) is 11.5 Å². The molecule has 0 saturated carbocycles. The molecule has 1 N–H and O–H groups in total. The zero-order valence-electron chi connectivity index (χ0n) is 12.9. The maximum atomic E-state index is 11.9. The van der Waals surface area contributed by atoms with Crippen LogP contribution in [0, 0.1) is 0 Å². The minimum Gasteiger partial charge on any atom is -0.491 e. The van der Waals surface area contributed by atoms with Gasteiger partial charge in [-0.1, -0.05) is 29.8 Å². The lowest BCUT2D eigenvalue weighted by Gasteiger charge is -2.11.